The Balaban J connectivity index is 1.63. The number of nitro groups is 1. The number of hydrogen-bond acceptors (Lipinski definition) is 6. The fourth-order valence-corrected chi connectivity index (χ4v) is 2.83. The van der Waals surface area contributed by atoms with Gasteiger partial charge in [-0.25, -0.2) is 4.68 Å². The molecule has 1 heterocycles. The standard InChI is InChI=1S/C21H20N4O5/c1-30-18-7-5-15(6-8-18)11-12-22-20(26)14-24-21(27)10-9-19(23-24)16-3-2-4-17(13-16)25(28)29/h2-10,13H,11-12,14H2,1H3,(H,22,26). The highest BCUT2D eigenvalue weighted by Gasteiger charge is 2.11. The van der Waals surface area contributed by atoms with E-state index in [1.165, 1.54) is 30.3 Å². The van der Waals surface area contributed by atoms with Crippen molar-refractivity contribution in [3.05, 3.63) is 86.7 Å². The van der Waals surface area contributed by atoms with Crippen molar-refractivity contribution in [2.75, 3.05) is 13.7 Å². The molecular weight excluding hydrogens is 388 g/mol. The minimum absolute atomic E-state index is 0.0803. The molecule has 1 amide bonds. The van der Waals surface area contributed by atoms with Gasteiger partial charge >= 0.3 is 0 Å². The number of benzene rings is 2. The lowest BCUT2D eigenvalue weighted by atomic mass is 10.1. The first-order valence-corrected chi connectivity index (χ1v) is 9.19. The van der Waals surface area contributed by atoms with E-state index < -0.39 is 10.5 Å². The quantitative estimate of drug-likeness (QED) is 0.451. The predicted molar refractivity (Wildman–Crippen MR) is 110 cm³/mol. The van der Waals surface area contributed by atoms with Crippen molar-refractivity contribution in [2.45, 2.75) is 13.0 Å². The van der Waals surface area contributed by atoms with E-state index in [1.54, 1.807) is 13.2 Å². The normalized spacial score (nSPS) is 10.4. The molecular formula is C21H20N4O5. The van der Waals surface area contributed by atoms with Crippen molar-refractivity contribution in [1.82, 2.24) is 15.1 Å². The fourth-order valence-electron chi connectivity index (χ4n) is 2.83. The Morgan fingerprint density at radius 3 is 2.63 bits per heavy atom. The summed E-state index contributed by atoms with van der Waals surface area (Å²) < 4.78 is 6.15. The lowest BCUT2D eigenvalue weighted by molar-refractivity contribution is -0.384. The first-order chi connectivity index (χ1) is 14.5. The smallest absolute Gasteiger partial charge is 0.270 e. The Morgan fingerprint density at radius 1 is 1.17 bits per heavy atom. The van der Waals surface area contributed by atoms with Crippen LogP contribution in [0.1, 0.15) is 5.56 Å². The maximum absolute atomic E-state index is 12.2. The molecule has 0 bridgehead atoms. The number of non-ortho nitro benzene ring substituents is 1. The summed E-state index contributed by atoms with van der Waals surface area (Å²) in [5.74, 6) is 0.408. The minimum atomic E-state index is -0.504. The summed E-state index contributed by atoms with van der Waals surface area (Å²) in [7, 11) is 1.60. The molecule has 3 aromatic rings. The molecule has 1 N–H and O–H groups in total. The van der Waals surface area contributed by atoms with E-state index in [0.29, 0.717) is 24.2 Å². The molecule has 0 aliphatic heterocycles. The SMILES string of the molecule is COc1ccc(CCNC(=O)Cn2nc(-c3cccc([N+](=O)[O-])c3)ccc2=O)cc1. The van der Waals surface area contributed by atoms with Gasteiger partial charge in [-0.05, 0) is 30.2 Å². The Bertz CT molecular complexity index is 1110. The van der Waals surface area contributed by atoms with Gasteiger partial charge in [0.05, 0.1) is 17.7 Å². The monoisotopic (exact) mass is 408 g/mol. The highest BCUT2D eigenvalue weighted by Crippen LogP contribution is 2.21. The van der Waals surface area contributed by atoms with Gasteiger partial charge in [0.15, 0.2) is 0 Å². The molecule has 0 radical (unpaired) electrons. The molecule has 154 valence electrons. The Hall–Kier alpha value is -4.01. The Kier molecular flexibility index (Phi) is 6.53. The van der Waals surface area contributed by atoms with Crippen molar-refractivity contribution in [3.63, 3.8) is 0 Å². The van der Waals surface area contributed by atoms with E-state index in [4.69, 9.17) is 4.74 Å². The molecule has 30 heavy (non-hydrogen) atoms. The summed E-state index contributed by atoms with van der Waals surface area (Å²) >= 11 is 0. The number of nitrogens with zero attached hydrogens (tertiary/aromatic N) is 3. The van der Waals surface area contributed by atoms with Crippen LogP contribution in [0.15, 0.2) is 65.5 Å². The maximum Gasteiger partial charge on any atom is 0.270 e. The summed E-state index contributed by atoms with van der Waals surface area (Å²) in [6.45, 7) is 0.161. The number of ether oxygens (including phenoxy) is 1. The second-order valence-corrected chi connectivity index (χ2v) is 6.47. The number of amides is 1. The molecule has 0 spiro atoms. The molecule has 1 aromatic heterocycles. The van der Waals surface area contributed by atoms with Gasteiger partial charge in [0, 0.05) is 30.3 Å². The minimum Gasteiger partial charge on any atom is -0.497 e. The molecule has 2 aromatic carbocycles. The third-order valence-corrected chi connectivity index (χ3v) is 4.41. The number of aromatic nitrogens is 2. The number of nitrogens with one attached hydrogen (secondary N) is 1. The summed E-state index contributed by atoms with van der Waals surface area (Å²) in [5, 5.41) is 17.9. The topological polar surface area (TPSA) is 116 Å². The highest BCUT2D eigenvalue weighted by molar-refractivity contribution is 5.75. The van der Waals surface area contributed by atoms with Crippen LogP contribution < -0.4 is 15.6 Å². The predicted octanol–water partition coefficient (Wildman–Crippen LogP) is 2.19. The first kappa shape index (κ1) is 20.7. The molecule has 9 heteroatoms. The average Bonchev–Trinajstić information content (AvgIpc) is 2.76. The summed E-state index contributed by atoms with van der Waals surface area (Å²) in [5.41, 5.74) is 1.37. The van der Waals surface area contributed by atoms with Crippen LogP contribution >= 0.6 is 0 Å². The lowest BCUT2D eigenvalue weighted by Crippen LogP contribution is -2.34. The van der Waals surface area contributed by atoms with E-state index in [9.17, 15) is 19.7 Å². The molecule has 0 atom stereocenters. The Labute approximate surface area is 172 Å². The van der Waals surface area contributed by atoms with E-state index >= 15 is 0 Å². The molecule has 0 aliphatic carbocycles. The average molecular weight is 408 g/mol. The van der Waals surface area contributed by atoms with E-state index in [1.807, 2.05) is 24.3 Å². The second-order valence-electron chi connectivity index (χ2n) is 6.47. The van der Waals surface area contributed by atoms with Crippen LogP contribution in [0.3, 0.4) is 0 Å². The van der Waals surface area contributed by atoms with Gasteiger partial charge in [-0.3, -0.25) is 19.7 Å². The molecule has 0 fully saturated rings. The number of carbonyl (C=O) groups is 1. The third-order valence-electron chi connectivity index (χ3n) is 4.41. The molecule has 0 unspecified atom stereocenters. The van der Waals surface area contributed by atoms with Gasteiger partial charge in [0.2, 0.25) is 5.91 Å². The fraction of sp³-hybridized carbons (Fsp3) is 0.190. The number of nitro benzene ring substituents is 1. The Morgan fingerprint density at radius 2 is 1.93 bits per heavy atom. The van der Waals surface area contributed by atoms with Gasteiger partial charge < -0.3 is 10.1 Å². The zero-order valence-corrected chi connectivity index (χ0v) is 16.3. The largest absolute Gasteiger partial charge is 0.497 e. The van der Waals surface area contributed by atoms with Crippen LogP contribution in [-0.2, 0) is 17.8 Å². The van der Waals surface area contributed by atoms with Gasteiger partial charge in [-0.15, -0.1) is 0 Å². The van der Waals surface area contributed by atoms with Crippen molar-refractivity contribution >= 4 is 11.6 Å². The van der Waals surface area contributed by atoms with Gasteiger partial charge in [-0.2, -0.15) is 5.10 Å². The molecule has 9 nitrogen and oxygen atoms in total. The number of carbonyl (C=O) groups excluding carboxylic acids is 1. The van der Waals surface area contributed by atoms with Crippen LogP contribution in [0.25, 0.3) is 11.3 Å². The van der Waals surface area contributed by atoms with Crippen molar-refractivity contribution < 1.29 is 14.5 Å². The van der Waals surface area contributed by atoms with Crippen molar-refractivity contribution in [1.29, 1.82) is 0 Å². The van der Waals surface area contributed by atoms with Gasteiger partial charge in [0.25, 0.3) is 11.2 Å². The summed E-state index contributed by atoms with van der Waals surface area (Å²) in [4.78, 5) is 34.7. The summed E-state index contributed by atoms with van der Waals surface area (Å²) in [6, 6.07) is 16.2. The maximum atomic E-state index is 12.2. The lowest BCUT2D eigenvalue weighted by Gasteiger charge is -2.09. The van der Waals surface area contributed by atoms with Gasteiger partial charge in [0.1, 0.15) is 12.3 Å². The van der Waals surface area contributed by atoms with Crippen LogP contribution in [0.4, 0.5) is 5.69 Å². The van der Waals surface area contributed by atoms with Gasteiger partial charge in [-0.1, -0.05) is 24.3 Å². The van der Waals surface area contributed by atoms with Crippen LogP contribution in [0.5, 0.6) is 5.75 Å². The zero-order chi connectivity index (χ0) is 21.5. The molecule has 0 aliphatic rings. The number of methoxy groups -OCH3 is 1. The van der Waals surface area contributed by atoms with Crippen LogP contribution in [0, 0.1) is 10.1 Å². The van der Waals surface area contributed by atoms with Crippen molar-refractivity contribution in [2.24, 2.45) is 0 Å². The summed E-state index contributed by atoms with van der Waals surface area (Å²) in [6.07, 6.45) is 0.631. The number of hydrogen-bond donors (Lipinski definition) is 1. The molecule has 3 rings (SSSR count). The third kappa shape index (κ3) is 5.28. The van der Waals surface area contributed by atoms with Crippen LogP contribution in [-0.4, -0.2) is 34.3 Å². The zero-order valence-electron chi connectivity index (χ0n) is 16.3. The van der Waals surface area contributed by atoms with E-state index in [2.05, 4.69) is 10.4 Å². The first-order valence-electron chi connectivity index (χ1n) is 9.19. The number of rotatable bonds is 8. The van der Waals surface area contributed by atoms with E-state index in [0.717, 1.165) is 16.0 Å². The highest BCUT2D eigenvalue weighted by atomic mass is 16.6. The van der Waals surface area contributed by atoms with Crippen LogP contribution in [0.2, 0.25) is 0 Å². The van der Waals surface area contributed by atoms with Crippen molar-refractivity contribution in [3.8, 4) is 17.0 Å². The molecule has 0 saturated carbocycles. The molecule has 0 saturated heterocycles. The second kappa shape index (κ2) is 9.46. The van der Waals surface area contributed by atoms with E-state index in [-0.39, 0.29) is 18.1 Å².